The van der Waals surface area contributed by atoms with Gasteiger partial charge in [0.05, 0.1) is 6.61 Å². The molecule has 18 heavy (non-hydrogen) atoms. The third-order valence-corrected chi connectivity index (χ3v) is 2.70. The van der Waals surface area contributed by atoms with E-state index in [0.717, 1.165) is 18.4 Å². The van der Waals surface area contributed by atoms with Crippen molar-refractivity contribution < 1.29 is 9.53 Å². The molecule has 1 unspecified atom stereocenters. The normalized spacial score (nSPS) is 12.6. The zero-order valence-electron chi connectivity index (χ0n) is 11.1. The minimum Gasteiger partial charge on any atom is -0.463 e. The van der Waals surface area contributed by atoms with Gasteiger partial charge in [-0.1, -0.05) is 31.2 Å². The first-order chi connectivity index (χ1) is 8.65. The number of hydrogen-bond donors (Lipinski definition) is 1. The number of carbonyl (C=O) groups is 1. The van der Waals surface area contributed by atoms with Crippen molar-refractivity contribution in [3.8, 4) is 0 Å². The Labute approximate surface area is 109 Å². The van der Waals surface area contributed by atoms with Gasteiger partial charge in [-0.05, 0) is 37.0 Å². The van der Waals surface area contributed by atoms with Gasteiger partial charge in [0.25, 0.3) is 0 Å². The maximum Gasteiger partial charge on any atom is 0.330 e. The van der Waals surface area contributed by atoms with Crippen LogP contribution in [0.4, 0.5) is 0 Å². The van der Waals surface area contributed by atoms with Crippen LogP contribution in [0.1, 0.15) is 31.4 Å². The van der Waals surface area contributed by atoms with Crippen LogP contribution in [0.25, 0.3) is 6.08 Å². The van der Waals surface area contributed by atoms with Crippen LogP contribution in [0.5, 0.6) is 0 Å². The Balaban J connectivity index is 2.57. The van der Waals surface area contributed by atoms with Crippen LogP contribution in [0.3, 0.4) is 0 Å². The summed E-state index contributed by atoms with van der Waals surface area (Å²) in [6.45, 7) is 4.27. The summed E-state index contributed by atoms with van der Waals surface area (Å²) < 4.78 is 4.81. The van der Waals surface area contributed by atoms with Gasteiger partial charge < -0.3 is 10.5 Å². The van der Waals surface area contributed by atoms with Crippen LogP contribution in [0.15, 0.2) is 30.3 Å². The first-order valence-electron chi connectivity index (χ1n) is 6.35. The molecule has 2 N–H and O–H groups in total. The summed E-state index contributed by atoms with van der Waals surface area (Å²) in [5, 5.41) is 0. The third kappa shape index (κ3) is 5.15. The van der Waals surface area contributed by atoms with Crippen molar-refractivity contribution >= 4 is 12.0 Å². The lowest BCUT2D eigenvalue weighted by atomic mass is 10.0. The van der Waals surface area contributed by atoms with Gasteiger partial charge in [-0.25, -0.2) is 4.79 Å². The fourth-order valence-electron chi connectivity index (χ4n) is 1.57. The molecule has 0 bridgehead atoms. The molecule has 1 atom stereocenters. The van der Waals surface area contributed by atoms with Crippen LogP contribution < -0.4 is 5.73 Å². The average molecular weight is 247 g/mol. The number of ether oxygens (including phenoxy) is 1. The number of nitrogens with two attached hydrogens (primary N) is 1. The first kappa shape index (κ1) is 14.5. The molecule has 0 saturated heterocycles. The first-order valence-corrected chi connectivity index (χ1v) is 6.35. The molecular formula is C15H21NO2. The number of hydrogen-bond acceptors (Lipinski definition) is 3. The van der Waals surface area contributed by atoms with Crippen molar-refractivity contribution in [2.75, 3.05) is 6.61 Å². The standard InChI is InChI=1S/C15H21NO2/c1-3-14(16)11-13-7-5-12(6-8-13)9-10-15(17)18-4-2/h5-10,14H,3-4,11,16H2,1-2H3/b10-9+. The Morgan fingerprint density at radius 3 is 2.56 bits per heavy atom. The maximum atomic E-state index is 11.1. The molecule has 0 fully saturated rings. The predicted octanol–water partition coefficient (Wildman–Crippen LogP) is 2.54. The van der Waals surface area contributed by atoms with Crippen molar-refractivity contribution in [1.82, 2.24) is 0 Å². The quantitative estimate of drug-likeness (QED) is 0.621. The number of benzene rings is 1. The van der Waals surface area contributed by atoms with Gasteiger partial charge in [0, 0.05) is 12.1 Å². The van der Waals surface area contributed by atoms with E-state index in [1.807, 2.05) is 24.3 Å². The second-order valence-corrected chi connectivity index (χ2v) is 4.20. The Morgan fingerprint density at radius 2 is 2.00 bits per heavy atom. The molecule has 98 valence electrons. The minimum atomic E-state index is -0.311. The van der Waals surface area contributed by atoms with Crippen LogP contribution in [0, 0.1) is 0 Å². The zero-order chi connectivity index (χ0) is 13.4. The summed E-state index contributed by atoms with van der Waals surface area (Å²) in [7, 11) is 0. The fraction of sp³-hybridized carbons (Fsp3) is 0.400. The van der Waals surface area contributed by atoms with E-state index in [2.05, 4.69) is 6.92 Å². The monoisotopic (exact) mass is 247 g/mol. The highest BCUT2D eigenvalue weighted by Crippen LogP contribution is 2.09. The van der Waals surface area contributed by atoms with Gasteiger partial charge in [0.1, 0.15) is 0 Å². The molecule has 0 heterocycles. The number of carbonyl (C=O) groups excluding carboxylic acids is 1. The molecule has 1 aromatic rings. The number of rotatable bonds is 6. The Bertz CT molecular complexity index is 395. The van der Waals surface area contributed by atoms with E-state index in [4.69, 9.17) is 10.5 Å². The van der Waals surface area contributed by atoms with E-state index in [1.165, 1.54) is 11.6 Å². The second-order valence-electron chi connectivity index (χ2n) is 4.20. The van der Waals surface area contributed by atoms with E-state index >= 15 is 0 Å². The van der Waals surface area contributed by atoms with E-state index in [-0.39, 0.29) is 12.0 Å². The molecule has 0 aliphatic carbocycles. The maximum absolute atomic E-state index is 11.1. The SMILES string of the molecule is CCOC(=O)/C=C/c1ccc(CC(N)CC)cc1. The molecule has 3 nitrogen and oxygen atoms in total. The van der Waals surface area contributed by atoms with Crippen molar-refractivity contribution in [3.63, 3.8) is 0 Å². The van der Waals surface area contributed by atoms with Crippen molar-refractivity contribution in [2.24, 2.45) is 5.73 Å². The molecule has 1 aromatic carbocycles. The van der Waals surface area contributed by atoms with E-state index < -0.39 is 0 Å². The summed E-state index contributed by atoms with van der Waals surface area (Å²) in [5.41, 5.74) is 8.10. The van der Waals surface area contributed by atoms with E-state index in [1.54, 1.807) is 13.0 Å². The summed E-state index contributed by atoms with van der Waals surface area (Å²) >= 11 is 0. The Morgan fingerprint density at radius 1 is 1.33 bits per heavy atom. The lowest BCUT2D eigenvalue weighted by molar-refractivity contribution is -0.137. The van der Waals surface area contributed by atoms with Gasteiger partial charge in [-0.3, -0.25) is 0 Å². The van der Waals surface area contributed by atoms with Gasteiger partial charge in [0.15, 0.2) is 0 Å². The van der Waals surface area contributed by atoms with E-state index in [0.29, 0.717) is 6.61 Å². The second kappa shape index (κ2) is 7.67. The smallest absolute Gasteiger partial charge is 0.330 e. The summed E-state index contributed by atoms with van der Waals surface area (Å²) in [6.07, 6.45) is 5.06. The topological polar surface area (TPSA) is 52.3 Å². The molecule has 0 aliphatic heterocycles. The molecule has 0 aromatic heterocycles. The lowest BCUT2D eigenvalue weighted by Crippen LogP contribution is -2.21. The van der Waals surface area contributed by atoms with Crippen molar-refractivity contribution in [3.05, 3.63) is 41.5 Å². The van der Waals surface area contributed by atoms with E-state index in [9.17, 15) is 4.79 Å². The molecule has 3 heteroatoms. The highest BCUT2D eigenvalue weighted by molar-refractivity contribution is 5.86. The van der Waals surface area contributed by atoms with Crippen molar-refractivity contribution in [2.45, 2.75) is 32.7 Å². The van der Waals surface area contributed by atoms with Crippen molar-refractivity contribution in [1.29, 1.82) is 0 Å². The van der Waals surface area contributed by atoms with Crippen LogP contribution in [0.2, 0.25) is 0 Å². The highest BCUT2D eigenvalue weighted by atomic mass is 16.5. The van der Waals surface area contributed by atoms with Gasteiger partial charge in [-0.2, -0.15) is 0 Å². The Hall–Kier alpha value is -1.61. The highest BCUT2D eigenvalue weighted by Gasteiger charge is 2.01. The van der Waals surface area contributed by atoms with Gasteiger partial charge in [-0.15, -0.1) is 0 Å². The summed E-state index contributed by atoms with van der Waals surface area (Å²) in [6, 6.07) is 8.26. The summed E-state index contributed by atoms with van der Waals surface area (Å²) in [4.78, 5) is 11.1. The van der Waals surface area contributed by atoms with Gasteiger partial charge in [0.2, 0.25) is 0 Å². The minimum absolute atomic E-state index is 0.214. The molecule has 0 aliphatic rings. The molecule has 0 spiro atoms. The number of esters is 1. The van der Waals surface area contributed by atoms with Crippen LogP contribution in [-0.2, 0) is 16.0 Å². The molecule has 0 amide bonds. The lowest BCUT2D eigenvalue weighted by Gasteiger charge is -2.08. The third-order valence-electron chi connectivity index (χ3n) is 2.70. The fourth-order valence-corrected chi connectivity index (χ4v) is 1.57. The molecule has 1 rings (SSSR count). The Kier molecular flexibility index (Phi) is 6.15. The van der Waals surface area contributed by atoms with Gasteiger partial charge >= 0.3 is 5.97 Å². The molecule has 0 radical (unpaired) electrons. The zero-order valence-corrected chi connectivity index (χ0v) is 11.1. The predicted molar refractivity (Wildman–Crippen MR) is 74.1 cm³/mol. The largest absolute Gasteiger partial charge is 0.463 e. The van der Waals surface area contributed by atoms with Crippen LogP contribution in [-0.4, -0.2) is 18.6 Å². The van der Waals surface area contributed by atoms with Crippen LogP contribution >= 0.6 is 0 Å². The summed E-state index contributed by atoms with van der Waals surface area (Å²) in [5.74, 6) is -0.311. The molecular weight excluding hydrogens is 226 g/mol. The molecule has 0 saturated carbocycles. The average Bonchev–Trinajstić information content (AvgIpc) is 2.38.